The van der Waals surface area contributed by atoms with Gasteiger partial charge < -0.3 is 34.3 Å². The van der Waals surface area contributed by atoms with Gasteiger partial charge in [0.1, 0.15) is 11.9 Å². The summed E-state index contributed by atoms with van der Waals surface area (Å²) in [7, 11) is 5.82. The fourth-order valence-electron chi connectivity index (χ4n) is 4.18. The van der Waals surface area contributed by atoms with Gasteiger partial charge in [0, 0.05) is 17.7 Å². The van der Waals surface area contributed by atoms with E-state index >= 15 is 0 Å². The highest BCUT2D eigenvalue weighted by Crippen LogP contribution is 2.47. The van der Waals surface area contributed by atoms with Gasteiger partial charge in [0.15, 0.2) is 23.0 Å². The number of nitrogens with zero attached hydrogens (tertiary/aromatic N) is 1. The molecule has 0 radical (unpaired) electrons. The maximum Gasteiger partial charge on any atom is 0.252 e. The molecule has 1 saturated heterocycles. The quantitative estimate of drug-likeness (QED) is 0.460. The number of ether oxygens (including phenoxy) is 4. The van der Waals surface area contributed by atoms with Gasteiger partial charge in [-0.2, -0.15) is 0 Å². The maximum atomic E-state index is 13.4. The molecule has 0 unspecified atom stereocenters. The molecule has 2 amide bonds. The second-order valence-electron chi connectivity index (χ2n) is 7.93. The molecule has 2 atom stereocenters. The van der Waals surface area contributed by atoms with Crippen molar-refractivity contribution in [3.05, 3.63) is 71.5 Å². The molecular formula is C26H25FN2O7. The van der Waals surface area contributed by atoms with E-state index in [0.29, 0.717) is 28.5 Å². The van der Waals surface area contributed by atoms with Crippen LogP contribution in [0.5, 0.6) is 28.7 Å². The number of aromatic hydroxyl groups is 1. The summed E-state index contributed by atoms with van der Waals surface area (Å²) in [6.45, 7) is 0. The van der Waals surface area contributed by atoms with Crippen molar-refractivity contribution in [2.75, 3.05) is 33.3 Å². The average molecular weight is 496 g/mol. The minimum atomic E-state index is -0.963. The first-order valence-electron chi connectivity index (χ1n) is 10.9. The summed E-state index contributed by atoms with van der Waals surface area (Å²) >= 11 is 0. The summed E-state index contributed by atoms with van der Waals surface area (Å²) < 4.78 is 34.6. The van der Waals surface area contributed by atoms with Crippen LogP contribution in [0.4, 0.5) is 10.1 Å². The van der Waals surface area contributed by atoms with Gasteiger partial charge in [0.05, 0.1) is 40.2 Å². The van der Waals surface area contributed by atoms with Crippen molar-refractivity contribution < 1.29 is 38.0 Å². The molecule has 1 aliphatic heterocycles. The van der Waals surface area contributed by atoms with Gasteiger partial charge in [-0.1, -0.05) is 6.07 Å². The van der Waals surface area contributed by atoms with E-state index in [1.807, 2.05) is 0 Å². The van der Waals surface area contributed by atoms with Crippen molar-refractivity contribution in [2.24, 2.45) is 0 Å². The van der Waals surface area contributed by atoms with E-state index in [4.69, 9.17) is 18.9 Å². The molecule has 2 N–H and O–H groups in total. The number of benzene rings is 3. The largest absolute Gasteiger partial charge is 0.504 e. The molecule has 4 rings (SSSR count). The number of rotatable bonds is 8. The predicted octanol–water partition coefficient (Wildman–Crippen LogP) is 3.45. The van der Waals surface area contributed by atoms with Crippen LogP contribution < -0.4 is 29.2 Å². The van der Waals surface area contributed by atoms with Gasteiger partial charge >= 0.3 is 0 Å². The highest BCUT2D eigenvalue weighted by atomic mass is 19.1. The van der Waals surface area contributed by atoms with Crippen LogP contribution in [-0.4, -0.2) is 51.4 Å². The highest BCUT2D eigenvalue weighted by Gasteiger charge is 2.50. The number of anilines is 1. The molecule has 3 aromatic rings. The molecule has 10 heteroatoms. The summed E-state index contributed by atoms with van der Waals surface area (Å²) in [4.78, 5) is 27.7. The Bertz CT molecular complexity index is 1270. The Morgan fingerprint density at radius 2 is 1.50 bits per heavy atom. The number of nitrogens with one attached hydrogen (secondary N) is 1. The smallest absolute Gasteiger partial charge is 0.252 e. The summed E-state index contributed by atoms with van der Waals surface area (Å²) in [6.07, 6.45) is 0. The number of hydrogen-bond acceptors (Lipinski definition) is 7. The van der Waals surface area contributed by atoms with Crippen molar-refractivity contribution in [2.45, 2.75) is 12.1 Å². The van der Waals surface area contributed by atoms with E-state index in [2.05, 4.69) is 5.32 Å². The van der Waals surface area contributed by atoms with E-state index in [-0.39, 0.29) is 17.1 Å². The first kappa shape index (κ1) is 24.6. The van der Waals surface area contributed by atoms with Gasteiger partial charge in [-0.15, -0.1) is 0 Å². The highest BCUT2D eigenvalue weighted by molar-refractivity contribution is 6.09. The molecule has 0 saturated carbocycles. The Balaban J connectivity index is 1.75. The Hall–Kier alpha value is -4.47. The zero-order chi connectivity index (χ0) is 26.0. The SMILES string of the molecule is COc1ccc([C@H]2[C@H](NC(=O)c3ccc(F)cc3)C(=O)N2c2cc(OC)c(OC)c(OC)c2)cc1O. The third-order valence-corrected chi connectivity index (χ3v) is 5.96. The molecule has 0 spiro atoms. The number of carbonyl (C=O) groups is 2. The zero-order valence-corrected chi connectivity index (χ0v) is 20.1. The Morgan fingerprint density at radius 1 is 0.889 bits per heavy atom. The van der Waals surface area contributed by atoms with Crippen LogP contribution in [0.25, 0.3) is 0 Å². The number of phenolic OH excluding ortho intramolecular Hbond substituents is 1. The number of methoxy groups -OCH3 is 4. The number of phenols is 1. The molecule has 3 aromatic carbocycles. The van der Waals surface area contributed by atoms with E-state index in [0.717, 1.165) is 0 Å². The number of β-lactam (4-membered cyclic amide) rings is 1. The lowest BCUT2D eigenvalue weighted by atomic mass is 9.87. The van der Waals surface area contributed by atoms with E-state index in [1.54, 1.807) is 24.3 Å². The van der Waals surface area contributed by atoms with Gasteiger partial charge in [0.2, 0.25) is 5.75 Å². The molecule has 1 heterocycles. The summed E-state index contributed by atoms with van der Waals surface area (Å²) in [6, 6.07) is 11.3. The molecule has 0 aliphatic carbocycles. The van der Waals surface area contributed by atoms with Crippen molar-refractivity contribution in [1.29, 1.82) is 0 Å². The van der Waals surface area contributed by atoms with E-state index in [9.17, 15) is 19.1 Å². The van der Waals surface area contributed by atoms with E-state index in [1.165, 1.54) is 63.7 Å². The van der Waals surface area contributed by atoms with Crippen LogP contribution >= 0.6 is 0 Å². The fraction of sp³-hybridized carbons (Fsp3) is 0.231. The first-order chi connectivity index (χ1) is 17.3. The lowest BCUT2D eigenvalue weighted by molar-refractivity contribution is -0.127. The standard InChI is InChI=1S/C26H25FN2O7/c1-33-19-10-7-15(11-18(19)30)23-22(28-25(31)14-5-8-16(27)9-6-14)26(32)29(23)17-12-20(34-2)24(36-4)21(13-17)35-3/h5-13,22-23,30H,1-4H3,(H,28,31)/t22-,23-/m0/s1. The molecule has 1 fully saturated rings. The number of amides is 2. The van der Waals surface area contributed by atoms with Gasteiger partial charge in [0.25, 0.3) is 11.8 Å². The van der Waals surface area contributed by atoms with Crippen molar-refractivity contribution in [3.8, 4) is 28.7 Å². The first-order valence-corrected chi connectivity index (χ1v) is 10.9. The molecule has 0 bridgehead atoms. The molecular weight excluding hydrogens is 471 g/mol. The monoisotopic (exact) mass is 496 g/mol. The zero-order valence-electron chi connectivity index (χ0n) is 20.1. The summed E-state index contributed by atoms with van der Waals surface area (Å²) in [5.74, 6) is -0.244. The minimum absolute atomic E-state index is 0.122. The maximum absolute atomic E-state index is 13.4. The Labute approximate surface area is 207 Å². The number of halogens is 1. The molecule has 188 valence electrons. The van der Waals surface area contributed by atoms with Gasteiger partial charge in [-0.05, 0) is 42.0 Å². The molecule has 1 aliphatic rings. The molecule has 9 nitrogen and oxygen atoms in total. The predicted molar refractivity (Wildman–Crippen MR) is 129 cm³/mol. The second-order valence-corrected chi connectivity index (χ2v) is 7.93. The Morgan fingerprint density at radius 3 is 2.03 bits per heavy atom. The van der Waals surface area contributed by atoms with Crippen molar-refractivity contribution in [3.63, 3.8) is 0 Å². The van der Waals surface area contributed by atoms with E-state index < -0.39 is 29.7 Å². The summed E-state index contributed by atoms with van der Waals surface area (Å²) in [5, 5.41) is 13.1. The third kappa shape index (κ3) is 4.33. The van der Waals surface area contributed by atoms with Crippen LogP contribution in [0.3, 0.4) is 0 Å². The van der Waals surface area contributed by atoms with Crippen LogP contribution in [-0.2, 0) is 4.79 Å². The van der Waals surface area contributed by atoms with Crippen LogP contribution in [0.2, 0.25) is 0 Å². The topological polar surface area (TPSA) is 107 Å². The van der Waals surface area contributed by atoms with Crippen LogP contribution in [0.1, 0.15) is 22.0 Å². The van der Waals surface area contributed by atoms with Crippen LogP contribution in [0.15, 0.2) is 54.6 Å². The molecule has 36 heavy (non-hydrogen) atoms. The number of carbonyl (C=O) groups excluding carboxylic acids is 2. The fourth-order valence-corrected chi connectivity index (χ4v) is 4.18. The van der Waals surface area contributed by atoms with Gasteiger partial charge in [-0.25, -0.2) is 4.39 Å². The Kier molecular flexibility index (Phi) is 6.86. The third-order valence-electron chi connectivity index (χ3n) is 5.96. The normalized spacial score (nSPS) is 16.7. The van der Waals surface area contributed by atoms with Crippen molar-refractivity contribution in [1.82, 2.24) is 5.32 Å². The van der Waals surface area contributed by atoms with Crippen molar-refractivity contribution >= 4 is 17.5 Å². The lowest BCUT2D eigenvalue weighted by Gasteiger charge is -2.47. The lowest BCUT2D eigenvalue weighted by Crippen LogP contribution is -2.66. The molecule has 0 aromatic heterocycles. The van der Waals surface area contributed by atoms with Gasteiger partial charge in [-0.3, -0.25) is 9.59 Å². The number of hydrogen-bond donors (Lipinski definition) is 2. The minimum Gasteiger partial charge on any atom is -0.504 e. The average Bonchev–Trinajstić information content (AvgIpc) is 2.89. The van der Waals surface area contributed by atoms with Crippen LogP contribution in [0, 0.1) is 5.82 Å². The second kappa shape index (κ2) is 10.0. The summed E-state index contributed by atoms with van der Waals surface area (Å²) in [5.41, 5.74) is 1.18.